The number of aliphatic hydroxyl groups excluding tert-OH is 1. The van der Waals surface area contributed by atoms with Gasteiger partial charge in [-0.3, -0.25) is 14.9 Å². The van der Waals surface area contributed by atoms with Gasteiger partial charge in [0.15, 0.2) is 5.69 Å². The lowest BCUT2D eigenvalue weighted by Crippen LogP contribution is -2.36. The van der Waals surface area contributed by atoms with Crippen LogP contribution >= 0.6 is 0 Å². The highest BCUT2D eigenvalue weighted by molar-refractivity contribution is 6.06. The molecule has 0 atom stereocenters. The first-order valence-corrected chi connectivity index (χ1v) is 10.9. The molecule has 0 spiro atoms. The molecule has 1 aromatic carbocycles. The third-order valence-corrected chi connectivity index (χ3v) is 5.96. The summed E-state index contributed by atoms with van der Waals surface area (Å²) in [5.41, 5.74) is 5.55. The number of anilines is 1. The number of carbonyl (C=O) groups excluding carboxylic acids is 1. The van der Waals surface area contributed by atoms with Crippen molar-refractivity contribution in [3.8, 4) is 11.1 Å². The number of ether oxygens (including phenoxy) is 1. The Hall–Kier alpha value is -3.91. The lowest BCUT2D eigenvalue weighted by molar-refractivity contribution is 0.0963. The molecular weight excluding hydrogens is 418 g/mol. The van der Waals surface area contributed by atoms with E-state index < -0.39 is 0 Å². The molecule has 0 radical (unpaired) electrons. The van der Waals surface area contributed by atoms with Gasteiger partial charge >= 0.3 is 0 Å². The number of aromatic amines is 1. The summed E-state index contributed by atoms with van der Waals surface area (Å²) in [4.78, 5) is 19.7. The van der Waals surface area contributed by atoms with Gasteiger partial charge in [0.25, 0.3) is 5.91 Å². The maximum Gasteiger partial charge on any atom is 0.276 e. The Bertz CT molecular complexity index is 1300. The predicted molar refractivity (Wildman–Crippen MR) is 127 cm³/mol. The molecule has 0 bridgehead atoms. The number of aromatic nitrogens is 3. The van der Waals surface area contributed by atoms with Crippen LogP contribution in [0, 0.1) is 0 Å². The van der Waals surface area contributed by atoms with Gasteiger partial charge in [0.1, 0.15) is 5.76 Å². The summed E-state index contributed by atoms with van der Waals surface area (Å²) in [6.45, 7) is 4.96. The molecule has 1 aliphatic carbocycles. The molecule has 1 fully saturated rings. The molecular formula is C25H25N5O3. The van der Waals surface area contributed by atoms with Crippen LogP contribution in [0.3, 0.4) is 0 Å². The number of hydrogen-bond acceptors (Lipinski definition) is 6. The summed E-state index contributed by atoms with van der Waals surface area (Å²) in [6, 6.07) is 7.99. The van der Waals surface area contributed by atoms with E-state index in [9.17, 15) is 9.90 Å². The lowest BCUT2D eigenvalue weighted by atomic mass is 10.0. The van der Waals surface area contributed by atoms with Crippen LogP contribution in [0.5, 0.6) is 0 Å². The van der Waals surface area contributed by atoms with Gasteiger partial charge in [-0.05, 0) is 54.8 Å². The van der Waals surface area contributed by atoms with Crippen LogP contribution in [0.4, 0.5) is 5.69 Å². The van der Waals surface area contributed by atoms with Gasteiger partial charge in [0.2, 0.25) is 0 Å². The van der Waals surface area contributed by atoms with Gasteiger partial charge < -0.3 is 20.1 Å². The molecule has 5 rings (SSSR count). The molecule has 2 aromatic heterocycles. The maximum atomic E-state index is 13.0. The molecule has 8 heteroatoms. The highest BCUT2D eigenvalue weighted by atomic mass is 16.5. The summed E-state index contributed by atoms with van der Waals surface area (Å²) in [5, 5.41) is 20.7. The molecule has 0 unspecified atom stereocenters. The zero-order valence-corrected chi connectivity index (χ0v) is 18.3. The first kappa shape index (κ1) is 21.0. The molecule has 3 aromatic rings. The SMILES string of the molecule is CC1=C(O)C=CC(NC(=O)c2n[nH]c3ccc(-c4cncc(N5CCOCC5)c4)cc23)=CC1. The maximum absolute atomic E-state index is 13.0. The van der Waals surface area contributed by atoms with Crippen LogP contribution in [0.2, 0.25) is 0 Å². The first-order chi connectivity index (χ1) is 16.1. The number of aliphatic hydroxyl groups is 1. The Morgan fingerprint density at radius 2 is 2.00 bits per heavy atom. The van der Waals surface area contributed by atoms with Crippen molar-refractivity contribution in [2.75, 3.05) is 31.2 Å². The van der Waals surface area contributed by atoms with Gasteiger partial charge in [-0.2, -0.15) is 5.10 Å². The zero-order chi connectivity index (χ0) is 22.8. The monoisotopic (exact) mass is 443 g/mol. The van der Waals surface area contributed by atoms with Crippen molar-refractivity contribution in [2.45, 2.75) is 13.3 Å². The number of hydrogen-bond donors (Lipinski definition) is 3. The number of nitrogens with zero attached hydrogens (tertiary/aromatic N) is 3. The van der Waals surface area contributed by atoms with Gasteiger partial charge in [-0.1, -0.05) is 12.1 Å². The average molecular weight is 444 g/mol. The molecule has 3 heterocycles. The number of carbonyl (C=O) groups is 1. The fourth-order valence-corrected chi connectivity index (χ4v) is 3.98. The zero-order valence-electron chi connectivity index (χ0n) is 18.3. The van der Waals surface area contributed by atoms with E-state index in [1.54, 1.807) is 12.2 Å². The second kappa shape index (κ2) is 8.91. The Labute approximate surface area is 191 Å². The number of nitrogens with one attached hydrogen (secondary N) is 2. The number of H-pyrrole nitrogens is 1. The summed E-state index contributed by atoms with van der Waals surface area (Å²) in [6.07, 6.45) is 9.40. The fraction of sp³-hybridized carbons (Fsp3) is 0.240. The third kappa shape index (κ3) is 4.38. The van der Waals surface area contributed by atoms with Gasteiger partial charge in [-0.25, -0.2) is 0 Å². The predicted octanol–water partition coefficient (Wildman–Crippen LogP) is 3.87. The summed E-state index contributed by atoms with van der Waals surface area (Å²) < 4.78 is 5.45. The fourth-order valence-electron chi connectivity index (χ4n) is 3.98. The highest BCUT2D eigenvalue weighted by Crippen LogP contribution is 2.28. The van der Waals surface area contributed by atoms with Crippen molar-refractivity contribution in [1.82, 2.24) is 20.5 Å². The molecule has 0 saturated carbocycles. The van der Waals surface area contributed by atoms with E-state index in [1.807, 2.05) is 43.6 Å². The Balaban J connectivity index is 1.41. The van der Waals surface area contributed by atoms with E-state index in [0.717, 1.165) is 46.4 Å². The summed E-state index contributed by atoms with van der Waals surface area (Å²) in [5.74, 6) is -0.0909. The summed E-state index contributed by atoms with van der Waals surface area (Å²) in [7, 11) is 0. The molecule has 168 valence electrons. The lowest BCUT2D eigenvalue weighted by Gasteiger charge is -2.28. The molecule has 1 aliphatic heterocycles. The van der Waals surface area contributed by atoms with E-state index in [-0.39, 0.29) is 11.7 Å². The number of amides is 1. The highest BCUT2D eigenvalue weighted by Gasteiger charge is 2.17. The topological polar surface area (TPSA) is 103 Å². The van der Waals surface area contributed by atoms with Crippen molar-refractivity contribution in [3.05, 3.63) is 77.6 Å². The van der Waals surface area contributed by atoms with Crippen molar-refractivity contribution in [2.24, 2.45) is 0 Å². The van der Waals surface area contributed by atoms with E-state index in [4.69, 9.17) is 4.74 Å². The van der Waals surface area contributed by atoms with Crippen LogP contribution in [-0.2, 0) is 4.74 Å². The van der Waals surface area contributed by atoms with Gasteiger partial charge in [-0.15, -0.1) is 0 Å². The number of allylic oxidation sites excluding steroid dienone is 4. The standard InChI is InChI=1S/C25H25N5O3/c1-16-2-4-19(5-7-23(16)31)27-25(32)24-21-13-17(3-6-22(21)28-29-24)18-12-20(15-26-14-18)30-8-10-33-11-9-30/h3-7,12-15,31H,2,8-11H2,1H3,(H,27,32)(H,28,29). The summed E-state index contributed by atoms with van der Waals surface area (Å²) >= 11 is 0. The number of benzene rings is 1. The van der Waals surface area contributed by atoms with E-state index in [2.05, 4.69) is 31.5 Å². The largest absolute Gasteiger partial charge is 0.508 e. The van der Waals surface area contributed by atoms with Gasteiger partial charge in [0.05, 0.1) is 30.6 Å². The van der Waals surface area contributed by atoms with Crippen LogP contribution < -0.4 is 10.2 Å². The van der Waals surface area contributed by atoms with Crippen LogP contribution in [-0.4, -0.2) is 52.5 Å². The molecule has 3 N–H and O–H groups in total. The first-order valence-electron chi connectivity index (χ1n) is 10.9. The minimum absolute atomic E-state index is 0.221. The smallest absolute Gasteiger partial charge is 0.276 e. The van der Waals surface area contributed by atoms with Crippen LogP contribution in [0.25, 0.3) is 22.0 Å². The van der Waals surface area contributed by atoms with Crippen LogP contribution in [0.15, 0.2) is 71.9 Å². The normalized spacial score (nSPS) is 16.6. The van der Waals surface area contributed by atoms with Crippen LogP contribution in [0.1, 0.15) is 23.8 Å². The Morgan fingerprint density at radius 1 is 1.15 bits per heavy atom. The van der Waals surface area contributed by atoms with Crippen molar-refractivity contribution in [1.29, 1.82) is 0 Å². The Kier molecular flexibility index (Phi) is 5.66. The van der Waals surface area contributed by atoms with E-state index in [0.29, 0.717) is 31.0 Å². The molecule has 2 aliphatic rings. The molecule has 1 saturated heterocycles. The second-order valence-electron chi connectivity index (χ2n) is 8.18. The van der Waals surface area contributed by atoms with Gasteiger partial charge in [0, 0.05) is 35.9 Å². The third-order valence-electron chi connectivity index (χ3n) is 5.96. The quantitative estimate of drug-likeness (QED) is 0.566. The van der Waals surface area contributed by atoms with E-state index in [1.165, 1.54) is 0 Å². The number of rotatable bonds is 4. The Morgan fingerprint density at radius 3 is 2.85 bits per heavy atom. The minimum Gasteiger partial charge on any atom is -0.508 e. The number of morpholine rings is 1. The second-order valence-corrected chi connectivity index (χ2v) is 8.18. The number of pyridine rings is 1. The molecule has 8 nitrogen and oxygen atoms in total. The molecule has 1 amide bonds. The van der Waals surface area contributed by atoms with Crippen molar-refractivity contribution >= 4 is 22.5 Å². The molecule has 33 heavy (non-hydrogen) atoms. The average Bonchev–Trinajstić information content (AvgIpc) is 3.22. The number of fused-ring (bicyclic) bond motifs is 1. The van der Waals surface area contributed by atoms with Crippen molar-refractivity contribution in [3.63, 3.8) is 0 Å². The van der Waals surface area contributed by atoms with Crippen molar-refractivity contribution < 1.29 is 14.6 Å². The minimum atomic E-state index is -0.312. The van der Waals surface area contributed by atoms with E-state index >= 15 is 0 Å².